The minimum Gasteiger partial charge on any atom is -0.316 e. The molecule has 0 amide bonds. The van der Waals surface area contributed by atoms with E-state index in [1.54, 1.807) is 0 Å². The summed E-state index contributed by atoms with van der Waals surface area (Å²) in [5.74, 6) is 0. The lowest BCUT2D eigenvalue weighted by molar-refractivity contribution is 0.110. The number of hydrogen-bond acceptors (Lipinski definition) is 5. The summed E-state index contributed by atoms with van der Waals surface area (Å²) in [6.45, 7) is 2.72. The Balaban J connectivity index is 2.12. The largest absolute Gasteiger partial charge is 0.316 e. The summed E-state index contributed by atoms with van der Waals surface area (Å²) in [5, 5.41) is 2.55. The maximum atomic E-state index is 12.2. The molecule has 112 valence electrons. The standard InChI is InChI=1S/C11H22N2O4S2/c1-18(14,15)10-19(16,17)13-7-3-5-11(9-13)4-2-6-12-8-11/h12H,2-10H2,1H3. The lowest BCUT2D eigenvalue weighted by Gasteiger charge is -2.44. The summed E-state index contributed by atoms with van der Waals surface area (Å²) in [4.78, 5) is 0. The first-order valence-corrected chi connectivity index (χ1v) is 10.3. The highest BCUT2D eigenvalue weighted by atomic mass is 32.3. The van der Waals surface area contributed by atoms with Gasteiger partial charge in [0.15, 0.2) is 14.9 Å². The summed E-state index contributed by atoms with van der Waals surface area (Å²) in [6, 6.07) is 0. The molecule has 2 heterocycles. The third kappa shape index (κ3) is 3.90. The molecule has 1 spiro atoms. The molecule has 6 nitrogen and oxygen atoms in total. The van der Waals surface area contributed by atoms with Crippen molar-refractivity contribution in [3.63, 3.8) is 0 Å². The van der Waals surface area contributed by atoms with E-state index in [0.717, 1.165) is 45.0 Å². The lowest BCUT2D eigenvalue weighted by Crippen LogP contribution is -2.53. The second-order valence-electron chi connectivity index (χ2n) is 5.87. The van der Waals surface area contributed by atoms with Crippen molar-refractivity contribution in [2.24, 2.45) is 5.41 Å². The van der Waals surface area contributed by atoms with Gasteiger partial charge >= 0.3 is 0 Å². The molecular weight excluding hydrogens is 288 g/mol. The fraction of sp³-hybridized carbons (Fsp3) is 1.00. The van der Waals surface area contributed by atoms with Crippen molar-refractivity contribution in [2.45, 2.75) is 25.7 Å². The SMILES string of the molecule is CS(=O)(=O)CS(=O)(=O)N1CCCC2(CCCNC2)C1. The van der Waals surface area contributed by atoms with Gasteiger partial charge in [-0.05, 0) is 37.6 Å². The molecule has 1 N–H and O–H groups in total. The first-order valence-electron chi connectivity index (χ1n) is 6.59. The van der Waals surface area contributed by atoms with Gasteiger partial charge in [0.25, 0.3) is 0 Å². The molecule has 2 rings (SSSR count). The second-order valence-corrected chi connectivity index (χ2v) is 10.3. The van der Waals surface area contributed by atoms with Crippen LogP contribution in [0.15, 0.2) is 0 Å². The van der Waals surface area contributed by atoms with Crippen LogP contribution in [0.2, 0.25) is 0 Å². The maximum absolute atomic E-state index is 12.2. The number of piperidine rings is 2. The molecule has 0 aliphatic carbocycles. The number of hydrogen-bond donors (Lipinski definition) is 1. The molecule has 2 saturated heterocycles. The summed E-state index contributed by atoms with van der Waals surface area (Å²) < 4.78 is 48.2. The number of sulfone groups is 1. The topological polar surface area (TPSA) is 83.5 Å². The Morgan fingerprint density at radius 2 is 1.84 bits per heavy atom. The zero-order valence-corrected chi connectivity index (χ0v) is 12.9. The van der Waals surface area contributed by atoms with Gasteiger partial charge in [0.1, 0.15) is 0 Å². The summed E-state index contributed by atoms with van der Waals surface area (Å²) in [5.41, 5.74) is 0.00106. The van der Waals surface area contributed by atoms with Crippen molar-refractivity contribution in [2.75, 3.05) is 37.5 Å². The normalized spacial score (nSPS) is 30.6. The highest BCUT2D eigenvalue weighted by Crippen LogP contribution is 2.36. The van der Waals surface area contributed by atoms with Gasteiger partial charge in [0, 0.05) is 25.9 Å². The molecule has 8 heteroatoms. The molecule has 2 fully saturated rings. The number of rotatable bonds is 3. The van der Waals surface area contributed by atoms with Gasteiger partial charge in [-0.3, -0.25) is 0 Å². The van der Waals surface area contributed by atoms with E-state index in [4.69, 9.17) is 0 Å². The van der Waals surface area contributed by atoms with Crippen molar-refractivity contribution in [3.8, 4) is 0 Å². The average Bonchev–Trinajstić information content (AvgIpc) is 2.27. The number of nitrogens with one attached hydrogen (secondary N) is 1. The molecule has 19 heavy (non-hydrogen) atoms. The van der Waals surface area contributed by atoms with Crippen molar-refractivity contribution >= 4 is 19.9 Å². The van der Waals surface area contributed by atoms with Crippen LogP contribution in [0.4, 0.5) is 0 Å². The minimum atomic E-state index is -3.70. The smallest absolute Gasteiger partial charge is 0.228 e. The second kappa shape index (κ2) is 5.31. The Kier molecular flexibility index (Phi) is 4.25. The van der Waals surface area contributed by atoms with Gasteiger partial charge in [-0.25, -0.2) is 21.1 Å². The van der Waals surface area contributed by atoms with E-state index in [-0.39, 0.29) is 5.41 Å². The molecule has 0 saturated carbocycles. The molecule has 1 unspecified atom stereocenters. The third-order valence-corrected chi connectivity index (χ3v) is 7.95. The van der Waals surface area contributed by atoms with Gasteiger partial charge in [0.2, 0.25) is 10.0 Å². The lowest BCUT2D eigenvalue weighted by atomic mass is 9.75. The van der Waals surface area contributed by atoms with Gasteiger partial charge in [-0.2, -0.15) is 0 Å². The Morgan fingerprint density at radius 3 is 2.42 bits per heavy atom. The average molecular weight is 310 g/mol. The molecule has 0 aromatic heterocycles. The van der Waals surface area contributed by atoms with Crippen LogP contribution in [0.3, 0.4) is 0 Å². The zero-order chi connectivity index (χ0) is 14.1. The van der Waals surface area contributed by atoms with Crippen LogP contribution in [0, 0.1) is 5.41 Å². The Bertz CT molecular complexity index is 515. The van der Waals surface area contributed by atoms with E-state index in [1.165, 1.54) is 4.31 Å². The van der Waals surface area contributed by atoms with Crippen LogP contribution < -0.4 is 5.32 Å². The van der Waals surface area contributed by atoms with Gasteiger partial charge < -0.3 is 5.32 Å². The monoisotopic (exact) mass is 310 g/mol. The maximum Gasteiger partial charge on any atom is 0.228 e. The van der Waals surface area contributed by atoms with Crippen molar-refractivity contribution in [1.29, 1.82) is 0 Å². The Morgan fingerprint density at radius 1 is 1.16 bits per heavy atom. The van der Waals surface area contributed by atoms with E-state index < -0.39 is 24.9 Å². The van der Waals surface area contributed by atoms with Crippen molar-refractivity contribution in [1.82, 2.24) is 9.62 Å². The van der Waals surface area contributed by atoms with Gasteiger partial charge in [0.05, 0.1) is 0 Å². The molecule has 0 bridgehead atoms. The van der Waals surface area contributed by atoms with Crippen LogP contribution >= 0.6 is 0 Å². The highest BCUT2D eigenvalue weighted by molar-refractivity contribution is 8.06. The predicted octanol–water partition coefficient (Wildman–Crippen LogP) is -0.216. The third-order valence-electron chi connectivity index (χ3n) is 3.94. The quantitative estimate of drug-likeness (QED) is 0.779. The van der Waals surface area contributed by atoms with Crippen LogP contribution in [-0.4, -0.2) is 58.7 Å². The van der Waals surface area contributed by atoms with Gasteiger partial charge in [-0.15, -0.1) is 0 Å². The summed E-state index contributed by atoms with van der Waals surface area (Å²) in [6.07, 6.45) is 4.87. The van der Waals surface area contributed by atoms with Crippen LogP contribution in [0.25, 0.3) is 0 Å². The fourth-order valence-corrected chi connectivity index (χ4v) is 6.76. The highest BCUT2D eigenvalue weighted by Gasteiger charge is 2.40. The first kappa shape index (κ1) is 15.2. The number of nitrogens with zero attached hydrogens (tertiary/aromatic N) is 1. The van der Waals surface area contributed by atoms with E-state index >= 15 is 0 Å². The van der Waals surface area contributed by atoms with E-state index in [0.29, 0.717) is 13.1 Å². The van der Waals surface area contributed by atoms with Crippen LogP contribution in [-0.2, 0) is 19.9 Å². The fourth-order valence-electron chi connectivity index (χ4n) is 3.12. The van der Waals surface area contributed by atoms with E-state index in [2.05, 4.69) is 5.32 Å². The molecule has 1 atom stereocenters. The molecular formula is C11H22N2O4S2. The van der Waals surface area contributed by atoms with Crippen LogP contribution in [0.1, 0.15) is 25.7 Å². The molecule has 0 radical (unpaired) electrons. The molecule has 0 aromatic rings. The first-order chi connectivity index (χ1) is 8.73. The van der Waals surface area contributed by atoms with Crippen LogP contribution in [0.5, 0.6) is 0 Å². The Hall–Kier alpha value is -0.180. The minimum absolute atomic E-state index is 0.00106. The molecule has 0 aromatic carbocycles. The molecule has 2 aliphatic heterocycles. The summed E-state index contributed by atoms with van der Waals surface area (Å²) >= 11 is 0. The zero-order valence-electron chi connectivity index (χ0n) is 11.3. The molecule has 2 aliphatic rings. The summed E-state index contributed by atoms with van der Waals surface area (Å²) in [7, 11) is -7.22. The van der Waals surface area contributed by atoms with E-state index in [9.17, 15) is 16.8 Å². The Labute approximate surface area is 115 Å². The van der Waals surface area contributed by atoms with Crippen molar-refractivity contribution < 1.29 is 16.8 Å². The van der Waals surface area contributed by atoms with Crippen molar-refractivity contribution in [3.05, 3.63) is 0 Å². The predicted molar refractivity (Wildman–Crippen MR) is 74.0 cm³/mol. The van der Waals surface area contributed by atoms with E-state index in [1.807, 2.05) is 0 Å². The van der Waals surface area contributed by atoms with Gasteiger partial charge in [-0.1, -0.05) is 0 Å². The number of sulfonamides is 1.